The van der Waals surface area contributed by atoms with Crippen LogP contribution < -0.4 is 5.32 Å². The zero-order valence-electron chi connectivity index (χ0n) is 14.9. The number of ether oxygens (including phenoxy) is 2. The van der Waals surface area contributed by atoms with Gasteiger partial charge >= 0.3 is 0 Å². The summed E-state index contributed by atoms with van der Waals surface area (Å²) in [6.07, 6.45) is 2.67. The number of nitrogens with zero attached hydrogens (tertiary/aromatic N) is 1. The topological polar surface area (TPSA) is 33.7 Å². The Morgan fingerprint density at radius 1 is 1.36 bits per heavy atom. The lowest BCUT2D eigenvalue weighted by atomic mass is 9.91. The molecule has 0 aromatic rings. The van der Waals surface area contributed by atoms with Crippen molar-refractivity contribution >= 4 is 12.6 Å². The van der Waals surface area contributed by atoms with Gasteiger partial charge in [0, 0.05) is 44.6 Å². The minimum Gasteiger partial charge on any atom is -0.380 e. The third-order valence-corrected chi connectivity index (χ3v) is 3.98. The molecule has 0 aromatic heterocycles. The Labute approximate surface area is 142 Å². The molecule has 1 rings (SSSR count). The SMILES string of the molecule is CC(S)CNC[C@H]1CN(CCOCCCC(C)(C)C)CCO1. The molecule has 0 bridgehead atoms. The average molecular weight is 333 g/mol. The summed E-state index contributed by atoms with van der Waals surface area (Å²) in [5, 5.41) is 3.80. The molecule has 1 fully saturated rings. The van der Waals surface area contributed by atoms with E-state index in [0.29, 0.717) is 16.8 Å². The van der Waals surface area contributed by atoms with Crippen molar-refractivity contribution < 1.29 is 9.47 Å². The Morgan fingerprint density at radius 3 is 2.82 bits per heavy atom. The highest BCUT2D eigenvalue weighted by molar-refractivity contribution is 7.80. The molecule has 0 saturated carbocycles. The fourth-order valence-corrected chi connectivity index (χ4v) is 2.69. The van der Waals surface area contributed by atoms with Crippen LogP contribution in [-0.2, 0) is 9.47 Å². The second kappa shape index (κ2) is 10.9. The molecule has 1 aliphatic rings. The van der Waals surface area contributed by atoms with Crippen LogP contribution in [0.1, 0.15) is 40.5 Å². The molecule has 1 heterocycles. The minimum atomic E-state index is 0.293. The van der Waals surface area contributed by atoms with E-state index in [2.05, 4.69) is 50.5 Å². The van der Waals surface area contributed by atoms with E-state index < -0.39 is 0 Å². The third-order valence-electron chi connectivity index (χ3n) is 3.80. The zero-order chi connectivity index (χ0) is 16.4. The molecule has 4 nitrogen and oxygen atoms in total. The predicted octanol–water partition coefficient (Wildman–Crippen LogP) is 2.44. The predicted molar refractivity (Wildman–Crippen MR) is 97.0 cm³/mol. The molecular formula is C17H36N2O2S. The number of nitrogens with one attached hydrogen (secondary N) is 1. The van der Waals surface area contributed by atoms with Crippen molar-refractivity contribution in [1.29, 1.82) is 0 Å². The number of hydrogen-bond donors (Lipinski definition) is 2. The van der Waals surface area contributed by atoms with E-state index in [4.69, 9.17) is 9.47 Å². The molecule has 1 unspecified atom stereocenters. The van der Waals surface area contributed by atoms with Crippen molar-refractivity contribution in [2.24, 2.45) is 5.41 Å². The highest BCUT2D eigenvalue weighted by Gasteiger charge is 2.19. The quantitative estimate of drug-likeness (QED) is 0.476. The van der Waals surface area contributed by atoms with Gasteiger partial charge in [0.2, 0.25) is 0 Å². The van der Waals surface area contributed by atoms with Crippen LogP contribution in [0.2, 0.25) is 0 Å². The van der Waals surface area contributed by atoms with Crippen LogP contribution in [0.25, 0.3) is 0 Å². The zero-order valence-corrected chi connectivity index (χ0v) is 15.8. The Kier molecular flexibility index (Phi) is 10.00. The smallest absolute Gasteiger partial charge is 0.0826 e. The Hall–Kier alpha value is 0.190. The van der Waals surface area contributed by atoms with Gasteiger partial charge < -0.3 is 14.8 Å². The van der Waals surface area contributed by atoms with Crippen molar-refractivity contribution in [3.63, 3.8) is 0 Å². The molecule has 1 saturated heterocycles. The normalized spacial score (nSPS) is 22.0. The third kappa shape index (κ3) is 10.8. The van der Waals surface area contributed by atoms with Crippen LogP contribution in [0.5, 0.6) is 0 Å². The van der Waals surface area contributed by atoms with Crippen LogP contribution >= 0.6 is 12.6 Å². The highest BCUT2D eigenvalue weighted by atomic mass is 32.1. The van der Waals surface area contributed by atoms with Crippen LogP contribution in [0, 0.1) is 5.41 Å². The summed E-state index contributed by atoms with van der Waals surface area (Å²) >= 11 is 4.38. The summed E-state index contributed by atoms with van der Waals surface area (Å²) in [6.45, 7) is 16.4. The molecule has 2 atom stereocenters. The van der Waals surface area contributed by atoms with E-state index in [-0.39, 0.29) is 0 Å². The van der Waals surface area contributed by atoms with Gasteiger partial charge in [-0.15, -0.1) is 0 Å². The van der Waals surface area contributed by atoms with Gasteiger partial charge in [-0.2, -0.15) is 12.6 Å². The summed E-state index contributed by atoms with van der Waals surface area (Å²) < 4.78 is 11.6. The number of hydrogen-bond acceptors (Lipinski definition) is 5. The number of thiol groups is 1. The van der Waals surface area contributed by atoms with Crippen LogP contribution in [-0.4, -0.2) is 68.8 Å². The first-order valence-corrected chi connectivity index (χ1v) is 9.19. The maximum absolute atomic E-state index is 5.80. The van der Waals surface area contributed by atoms with Gasteiger partial charge in [0.25, 0.3) is 0 Å². The van der Waals surface area contributed by atoms with Crippen LogP contribution in [0.3, 0.4) is 0 Å². The molecule has 0 amide bonds. The molecular weight excluding hydrogens is 296 g/mol. The summed E-state index contributed by atoms with van der Waals surface area (Å²) in [6, 6.07) is 0. The lowest BCUT2D eigenvalue weighted by Gasteiger charge is -2.33. The molecule has 1 aliphatic heterocycles. The Bertz CT molecular complexity index is 282. The fourth-order valence-electron chi connectivity index (χ4n) is 2.56. The molecule has 1 N–H and O–H groups in total. The van der Waals surface area contributed by atoms with E-state index in [9.17, 15) is 0 Å². The fraction of sp³-hybridized carbons (Fsp3) is 1.00. The van der Waals surface area contributed by atoms with Crippen molar-refractivity contribution in [1.82, 2.24) is 10.2 Å². The van der Waals surface area contributed by atoms with E-state index in [1.807, 2.05) is 0 Å². The Balaban J connectivity index is 2.03. The second-order valence-corrected chi connectivity index (χ2v) is 8.46. The standard InChI is InChI=1S/C17H36N2O2S/c1-15(22)12-18-13-16-14-19(8-11-21-16)7-10-20-9-5-6-17(2,3)4/h15-16,18,22H,5-14H2,1-4H3/t15?,16-/m0/s1. The van der Waals surface area contributed by atoms with Gasteiger partial charge in [0.1, 0.15) is 0 Å². The summed E-state index contributed by atoms with van der Waals surface area (Å²) in [7, 11) is 0. The molecule has 22 heavy (non-hydrogen) atoms. The van der Waals surface area contributed by atoms with Gasteiger partial charge in [-0.3, -0.25) is 4.90 Å². The van der Waals surface area contributed by atoms with E-state index in [1.54, 1.807) is 0 Å². The average Bonchev–Trinajstić information content (AvgIpc) is 2.41. The van der Waals surface area contributed by atoms with Gasteiger partial charge in [0.15, 0.2) is 0 Å². The summed E-state index contributed by atoms with van der Waals surface area (Å²) in [4.78, 5) is 2.45. The monoisotopic (exact) mass is 332 g/mol. The lowest BCUT2D eigenvalue weighted by Crippen LogP contribution is -2.48. The van der Waals surface area contributed by atoms with Crippen LogP contribution in [0.15, 0.2) is 0 Å². The summed E-state index contributed by atoms with van der Waals surface area (Å²) in [5.74, 6) is 0. The minimum absolute atomic E-state index is 0.293. The largest absolute Gasteiger partial charge is 0.380 e. The first-order valence-electron chi connectivity index (χ1n) is 8.67. The maximum atomic E-state index is 5.80. The number of morpholine rings is 1. The maximum Gasteiger partial charge on any atom is 0.0826 e. The first kappa shape index (κ1) is 20.2. The second-order valence-electron chi connectivity index (χ2n) is 7.58. The van der Waals surface area contributed by atoms with Crippen molar-refractivity contribution in [2.45, 2.75) is 51.9 Å². The highest BCUT2D eigenvalue weighted by Crippen LogP contribution is 2.20. The van der Waals surface area contributed by atoms with Crippen molar-refractivity contribution in [3.05, 3.63) is 0 Å². The molecule has 132 valence electrons. The molecule has 0 aromatic carbocycles. The van der Waals surface area contributed by atoms with E-state index in [1.165, 1.54) is 6.42 Å². The van der Waals surface area contributed by atoms with Crippen LogP contribution in [0.4, 0.5) is 0 Å². The molecule has 0 spiro atoms. The van der Waals surface area contributed by atoms with E-state index in [0.717, 1.165) is 59.0 Å². The molecule has 0 radical (unpaired) electrons. The summed E-state index contributed by atoms with van der Waals surface area (Å²) in [5.41, 5.74) is 0.415. The van der Waals surface area contributed by atoms with Gasteiger partial charge in [0.05, 0.1) is 19.3 Å². The molecule has 0 aliphatic carbocycles. The Morgan fingerprint density at radius 2 is 2.14 bits per heavy atom. The number of rotatable bonds is 10. The van der Waals surface area contributed by atoms with Crippen molar-refractivity contribution in [2.75, 3.05) is 52.5 Å². The van der Waals surface area contributed by atoms with Gasteiger partial charge in [-0.05, 0) is 18.3 Å². The first-order chi connectivity index (χ1) is 10.4. The van der Waals surface area contributed by atoms with E-state index >= 15 is 0 Å². The van der Waals surface area contributed by atoms with Gasteiger partial charge in [-0.25, -0.2) is 0 Å². The van der Waals surface area contributed by atoms with Gasteiger partial charge in [-0.1, -0.05) is 27.7 Å². The molecule has 5 heteroatoms. The van der Waals surface area contributed by atoms with Crippen molar-refractivity contribution in [3.8, 4) is 0 Å². The lowest BCUT2D eigenvalue weighted by molar-refractivity contribution is -0.0350.